The fourth-order valence-corrected chi connectivity index (χ4v) is 5.06. The van der Waals surface area contributed by atoms with Crippen LogP contribution in [-0.2, 0) is 4.43 Å². The van der Waals surface area contributed by atoms with Gasteiger partial charge in [-0.3, -0.25) is 0 Å². The van der Waals surface area contributed by atoms with Gasteiger partial charge in [-0.05, 0) is 98.3 Å². The van der Waals surface area contributed by atoms with Gasteiger partial charge < -0.3 is 19.1 Å². The maximum Gasteiger partial charge on any atom is 0.190 e. The number of rotatable bonds is 16. The van der Waals surface area contributed by atoms with Crippen LogP contribution in [-0.4, -0.2) is 89.5 Å². The molecule has 0 rings (SSSR count). The van der Waals surface area contributed by atoms with Crippen molar-refractivity contribution in [2.75, 3.05) is 66.5 Å². The minimum absolute atomic E-state index is 0.874. The maximum atomic E-state index is 6.14. The molecule has 0 saturated carbocycles. The van der Waals surface area contributed by atoms with Gasteiger partial charge in [0.05, 0.1) is 0 Å². The predicted octanol–water partition coefficient (Wildman–Crippen LogP) is 3.60. The molecule has 0 heterocycles. The first-order valence-electron chi connectivity index (χ1n) is 10.1. The summed E-state index contributed by atoms with van der Waals surface area (Å²) in [5.74, 6) is 0. The van der Waals surface area contributed by atoms with E-state index in [2.05, 4.69) is 63.0 Å². The van der Waals surface area contributed by atoms with Crippen molar-refractivity contribution in [3.05, 3.63) is 0 Å². The SMILES string of the molecule is CCO[Si](C)(CC)CCN(CCCN(C)CC)CCCN(C)CC. The summed E-state index contributed by atoms with van der Waals surface area (Å²) in [5.41, 5.74) is 0. The molecule has 24 heavy (non-hydrogen) atoms. The Kier molecular flexibility index (Phi) is 14.3. The first-order valence-corrected chi connectivity index (χ1v) is 13.0. The van der Waals surface area contributed by atoms with Crippen molar-refractivity contribution >= 4 is 8.32 Å². The van der Waals surface area contributed by atoms with Crippen LogP contribution < -0.4 is 0 Å². The third kappa shape index (κ3) is 11.6. The average Bonchev–Trinajstić information content (AvgIpc) is 2.58. The van der Waals surface area contributed by atoms with E-state index in [9.17, 15) is 0 Å². The van der Waals surface area contributed by atoms with Crippen LogP contribution in [0.5, 0.6) is 0 Å². The lowest BCUT2D eigenvalue weighted by Crippen LogP contribution is -2.40. The van der Waals surface area contributed by atoms with Crippen LogP contribution >= 0.6 is 0 Å². The summed E-state index contributed by atoms with van der Waals surface area (Å²) in [6, 6.07) is 2.50. The van der Waals surface area contributed by atoms with Gasteiger partial charge in [0.1, 0.15) is 0 Å². The highest BCUT2D eigenvalue weighted by molar-refractivity contribution is 6.72. The molecule has 0 aliphatic heterocycles. The molecular weight excluding hydrogens is 314 g/mol. The molecule has 146 valence electrons. The van der Waals surface area contributed by atoms with E-state index in [1.54, 1.807) is 0 Å². The Hall–Kier alpha value is 0.0569. The molecule has 0 N–H and O–H groups in total. The molecule has 0 aromatic rings. The van der Waals surface area contributed by atoms with Crippen LogP contribution in [0, 0.1) is 0 Å². The molecule has 0 spiro atoms. The van der Waals surface area contributed by atoms with E-state index in [1.165, 1.54) is 57.7 Å². The van der Waals surface area contributed by atoms with Gasteiger partial charge in [-0.15, -0.1) is 0 Å². The first-order chi connectivity index (χ1) is 11.4. The lowest BCUT2D eigenvalue weighted by atomic mass is 10.3. The summed E-state index contributed by atoms with van der Waals surface area (Å²) in [7, 11) is 2.95. The van der Waals surface area contributed by atoms with Gasteiger partial charge in [0.2, 0.25) is 0 Å². The van der Waals surface area contributed by atoms with Crippen molar-refractivity contribution in [2.45, 2.75) is 59.2 Å². The van der Waals surface area contributed by atoms with Gasteiger partial charge in [-0.1, -0.05) is 20.8 Å². The third-order valence-corrected chi connectivity index (χ3v) is 9.07. The molecule has 1 atom stereocenters. The molecule has 0 saturated heterocycles. The standard InChI is InChI=1S/C19H45N3OSi/c1-8-20(5)14-12-16-22(17-13-15-21(6)9-2)18-19-24(7,11-4)23-10-3/h8-19H2,1-7H3. The summed E-state index contributed by atoms with van der Waals surface area (Å²) in [6.45, 7) is 20.5. The highest BCUT2D eigenvalue weighted by Crippen LogP contribution is 2.17. The molecule has 0 aliphatic carbocycles. The minimum atomic E-state index is -1.48. The van der Waals surface area contributed by atoms with E-state index in [4.69, 9.17) is 4.43 Å². The van der Waals surface area contributed by atoms with Crippen molar-refractivity contribution in [1.82, 2.24) is 14.7 Å². The molecule has 1 unspecified atom stereocenters. The van der Waals surface area contributed by atoms with Crippen LogP contribution in [0.3, 0.4) is 0 Å². The monoisotopic (exact) mass is 359 g/mol. The summed E-state index contributed by atoms with van der Waals surface area (Å²) in [4.78, 5) is 7.51. The molecule has 0 fully saturated rings. The quantitative estimate of drug-likeness (QED) is 0.392. The zero-order chi connectivity index (χ0) is 18.4. The van der Waals surface area contributed by atoms with Gasteiger partial charge >= 0.3 is 0 Å². The Balaban J connectivity index is 4.38. The van der Waals surface area contributed by atoms with Crippen LogP contribution in [0.4, 0.5) is 0 Å². The van der Waals surface area contributed by atoms with E-state index < -0.39 is 8.32 Å². The smallest absolute Gasteiger partial charge is 0.190 e. The number of nitrogens with zero attached hydrogens (tertiary/aromatic N) is 3. The molecule has 5 heteroatoms. The first kappa shape index (κ1) is 24.1. The topological polar surface area (TPSA) is 19.0 Å². The van der Waals surface area contributed by atoms with Crippen molar-refractivity contribution in [1.29, 1.82) is 0 Å². The largest absolute Gasteiger partial charge is 0.417 e. The van der Waals surface area contributed by atoms with Crippen molar-refractivity contribution in [2.24, 2.45) is 0 Å². The van der Waals surface area contributed by atoms with Gasteiger partial charge in [0, 0.05) is 6.61 Å². The van der Waals surface area contributed by atoms with Gasteiger partial charge in [-0.25, -0.2) is 0 Å². The zero-order valence-corrected chi connectivity index (χ0v) is 18.7. The molecule has 0 radical (unpaired) electrons. The normalized spacial score (nSPS) is 14.8. The molecule has 0 bridgehead atoms. The van der Waals surface area contributed by atoms with Crippen LogP contribution in [0.1, 0.15) is 40.5 Å². The van der Waals surface area contributed by atoms with E-state index in [0.717, 1.165) is 19.7 Å². The predicted molar refractivity (Wildman–Crippen MR) is 111 cm³/mol. The minimum Gasteiger partial charge on any atom is -0.417 e. The maximum absolute atomic E-state index is 6.14. The molecule has 0 aromatic heterocycles. The lowest BCUT2D eigenvalue weighted by molar-refractivity contribution is 0.234. The second-order valence-corrected chi connectivity index (χ2v) is 11.7. The number of hydrogen-bond acceptors (Lipinski definition) is 4. The molecule has 0 amide bonds. The van der Waals surface area contributed by atoms with Gasteiger partial charge in [0.15, 0.2) is 8.32 Å². The fraction of sp³-hybridized carbons (Fsp3) is 1.00. The average molecular weight is 360 g/mol. The Bertz CT molecular complexity index is 278. The van der Waals surface area contributed by atoms with E-state index in [-0.39, 0.29) is 0 Å². The lowest BCUT2D eigenvalue weighted by Gasteiger charge is -2.30. The van der Waals surface area contributed by atoms with Crippen LogP contribution in [0.2, 0.25) is 18.6 Å². The molecule has 0 aliphatic rings. The van der Waals surface area contributed by atoms with Crippen LogP contribution in [0.25, 0.3) is 0 Å². The third-order valence-electron chi connectivity index (χ3n) is 5.31. The molecule has 0 aromatic carbocycles. The van der Waals surface area contributed by atoms with E-state index >= 15 is 0 Å². The second-order valence-electron chi connectivity index (χ2n) is 7.33. The van der Waals surface area contributed by atoms with E-state index in [0.29, 0.717) is 0 Å². The Morgan fingerprint density at radius 2 is 1.25 bits per heavy atom. The van der Waals surface area contributed by atoms with Gasteiger partial charge in [-0.2, -0.15) is 0 Å². The van der Waals surface area contributed by atoms with E-state index in [1.807, 2.05) is 0 Å². The summed E-state index contributed by atoms with van der Waals surface area (Å²) >= 11 is 0. The van der Waals surface area contributed by atoms with Crippen molar-refractivity contribution < 1.29 is 4.43 Å². The highest BCUT2D eigenvalue weighted by Gasteiger charge is 2.26. The zero-order valence-electron chi connectivity index (χ0n) is 17.7. The number of hydrogen-bond donors (Lipinski definition) is 0. The molecule has 4 nitrogen and oxygen atoms in total. The van der Waals surface area contributed by atoms with Gasteiger partial charge in [0.25, 0.3) is 0 Å². The summed E-state index contributed by atoms with van der Waals surface area (Å²) in [6.07, 6.45) is 2.54. The Morgan fingerprint density at radius 1 is 0.750 bits per heavy atom. The molecular formula is C19H45N3OSi. The second kappa shape index (κ2) is 14.2. The fourth-order valence-electron chi connectivity index (χ4n) is 2.87. The highest BCUT2D eigenvalue weighted by atomic mass is 28.4. The Labute approximate surface area is 153 Å². The van der Waals surface area contributed by atoms with Crippen LogP contribution in [0.15, 0.2) is 0 Å². The summed E-state index contributed by atoms with van der Waals surface area (Å²) in [5, 5.41) is 0. The Morgan fingerprint density at radius 3 is 1.62 bits per heavy atom. The van der Waals surface area contributed by atoms with Crippen molar-refractivity contribution in [3.63, 3.8) is 0 Å². The van der Waals surface area contributed by atoms with Crippen molar-refractivity contribution in [3.8, 4) is 0 Å². The summed E-state index contributed by atoms with van der Waals surface area (Å²) < 4.78 is 6.14.